The lowest BCUT2D eigenvalue weighted by Gasteiger charge is -2.17. The van der Waals surface area contributed by atoms with Crippen LogP contribution in [0.5, 0.6) is 5.75 Å². The molecule has 1 unspecified atom stereocenters. The fraction of sp³-hybridized carbons (Fsp3) is 0.238. The molecule has 8 heteroatoms. The van der Waals surface area contributed by atoms with Gasteiger partial charge >= 0.3 is 5.97 Å². The smallest absolute Gasteiger partial charge is 0.311 e. The predicted octanol–water partition coefficient (Wildman–Crippen LogP) is 4.59. The van der Waals surface area contributed by atoms with E-state index in [0.717, 1.165) is 34.9 Å². The summed E-state index contributed by atoms with van der Waals surface area (Å²) in [5, 5.41) is 19.7. The summed E-state index contributed by atoms with van der Waals surface area (Å²) in [7, 11) is 0. The van der Waals surface area contributed by atoms with Gasteiger partial charge in [-0.15, -0.1) is 0 Å². The van der Waals surface area contributed by atoms with Crippen LogP contribution in [0.2, 0.25) is 0 Å². The molecule has 0 fully saturated rings. The van der Waals surface area contributed by atoms with Crippen molar-refractivity contribution in [3.63, 3.8) is 0 Å². The number of phenolic OH excluding ortho intramolecular Hbond substituents is 1. The molecule has 1 aromatic heterocycles. The van der Waals surface area contributed by atoms with Crippen LogP contribution in [0.15, 0.2) is 30.3 Å². The molecule has 0 saturated carbocycles. The van der Waals surface area contributed by atoms with Gasteiger partial charge in [-0.3, -0.25) is 14.2 Å². The summed E-state index contributed by atoms with van der Waals surface area (Å²) in [6.45, 7) is 4.85. The Morgan fingerprint density at radius 1 is 1.00 bits per heavy atom. The Morgan fingerprint density at radius 2 is 1.66 bits per heavy atom. The molecule has 0 radical (unpaired) electrons. The number of aromatic nitrogens is 1. The Kier molecular flexibility index (Phi) is 5.13. The van der Waals surface area contributed by atoms with Crippen LogP contribution >= 0.6 is 0 Å². The van der Waals surface area contributed by atoms with Crippen molar-refractivity contribution in [1.29, 1.82) is 0 Å². The first-order chi connectivity index (χ1) is 13.5. The van der Waals surface area contributed by atoms with Crippen molar-refractivity contribution in [3.05, 3.63) is 64.6 Å². The summed E-state index contributed by atoms with van der Waals surface area (Å²) < 4.78 is 42.0. The number of aliphatic carboxylic acids is 1. The van der Waals surface area contributed by atoms with Gasteiger partial charge < -0.3 is 10.2 Å². The Morgan fingerprint density at radius 3 is 2.21 bits per heavy atom. The van der Waals surface area contributed by atoms with Crippen molar-refractivity contribution in [1.82, 2.24) is 4.57 Å². The van der Waals surface area contributed by atoms with Gasteiger partial charge in [0.05, 0.1) is 11.4 Å². The second kappa shape index (κ2) is 7.27. The summed E-state index contributed by atoms with van der Waals surface area (Å²) in [6.07, 6.45) is 0. The Hall–Kier alpha value is -3.29. The number of benzene rings is 2. The minimum absolute atomic E-state index is 0.0226. The third-order valence-electron chi connectivity index (χ3n) is 4.93. The van der Waals surface area contributed by atoms with Crippen LogP contribution in [0.4, 0.5) is 13.2 Å². The maximum absolute atomic E-state index is 14.1. The number of hydrogen-bond acceptors (Lipinski definition) is 3. The first kappa shape index (κ1) is 20.4. The first-order valence-corrected chi connectivity index (χ1v) is 8.80. The highest BCUT2D eigenvalue weighted by molar-refractivity contribution is 6.05. The number of carboxylic acid groups (broad SMARTS) is 1. The molecule has 0 bridgehead atoms. The summed E-state index contributed by atoms with van der Waals surface area (Å²) in [4.78, 5) is 25.0. The number of fused-ring (bicyclic) bond motifs is 1. The first-order valence-electron chi connectivity index (χ1n) is 8.80. The maximum Gasteiger partial charge on any atom is 0.311 e. The topological polar surface area (TPSA) is 79.5 Å². The third kappa shape index (κ3) is 3.35. The van der Waals surface area contributed by atoms with Gasteiger partial charge in [-0.2, -0.15) is 0 Å². The average Bonchev–Trinajstić information content (AvgIpc) is 2.88. The molecule has 152 valence electrons. The van der Waals surface area contributed by atoms with Crippen molar-refractivity contribution in [2.45, 2.75) is 26.7 Å². The zero-order valence-corrected chi connectivity index (χ0v) is 15.8. The largest absolute Gasteiger partial charge is 0.505 e. The third-order valence-corrected chi connectivity index (χ3v) is 4.93. The van der Waals surface area contributed by atoms with E-state index >= 15 is 0 Å². The van der Waals surface area contributed by atoms with E-state index in [1.54, 1.807) is 13.8 Å². The summed E-state index contributed by atoms with van der Waals surface area (Å²) in [5.41, 5.74) is 0.282. The number of carbonyl (C=O) groups is 2. The lowest BCUT2D eigenvalue weighted by atomic mass is 9.86. The van der Waals surface area contributed by atoms with Crippen LogP contribution in [-0.2, 0) is 4.79 Å². The highest BCUT2D eigenvalue weighted by Gasteiger charge is 2.32. The monoisotopic (exact) mass is 405 g/mol. The molecule has 2 N–H and O–H groups in total. The van der Waals surface area contributed by atoms with Crippen molar-refractivity contribution in [2.24, 2.45) is 5.92 Å². The molecule has 0 saturated heterocycles. The molecule has 5 nitrogen and oxygen atoms in total. The number of halogens is 3. The van der Waals surface area contributed by atoms with Crippen LogP contribution in [0.25, 0.3) is 10.9 Å². The van der Waals surface area contributed by atoms with E-state index in [1.165, 1.54) is 6.92 Å². The van der Waals surface area contributed by atoms with Crippen molar-refractivity contribution < 1.29 is 33.0 Å². The standard InChI is InChI=1S/C21H18F3NO4/c1-9(2)18(21(28)29)19-10(3)25(16-8-15(24)17(26)7-12(16)19)20(27)11-4-5-13(22)14(23)6-11/h4-9,18,26H,1-3H3,(H,28,29). The quantitative estimate of drug-likeness (QED) is 0.666. The van der Waals surface area contributed by atoms with Crippen LogP contribution < -0.4 is 0 Å². The van der Waals surface area contributed by atoms with Gasteiger partial charge in [-0.05, 0) is 42.7 Å². The molecule has 3 aromatic rings. The molecule has 0 amide bonds. The molecule has 2 aromatic carbocycles. The van der Waals surface area contributed by atoms with Gasteiger partial charge in [0.2, 0.25) is 0 Å². The van der Waals surface area contributed by atoms with Crippen LogP contribution in [0.1, 0.15) is 41.4 Å². The van der Waals surface area contributed by atoms with E-state index in [4.69, 9.17) is 0 Å². The number of aromatic hydroxyl groups is 1. The van der Waals surface area contributed by atoms with Gasteiger partial charge in [-0.25, -0.2) is 13.2 Å². The van der Waals surface area contributed by atoms with Gasteiger partial charge in [0.25, 0.3) is 5.91 Å². The molecule has 0 spiro atoms. The summed E-state index contributed by atoms with van der Waals surface area (Å²) in [5.74, 6) is -7.39. The minimum Gasteiger partial charge on any atom is -0.505 e. The lowest BCUT2D eigenvalue weighted by Crippen LogP contribution is -2.20. The van der Waals surface area contributed by atoms with Gasteiger partial charge in [0.1, 0.15) is 0 Å². The van der Waals surface area contributed by atoms with Crippen molar-refractivity contribution >= 4 is 22.8 Å². The minimum atomic E-state index is -1.22. The number of phenols is 1. The molecule has 0 aliphatic carbocycles. The molecule has 1 atom stereocenters. The predicted molar refractivity (Wildman–Crippen MR) is 99.6 cm³/mol. The fourth-order valence-electron chi connectivity index (χ4n) is 3.60. The molecule has 0 aliphatic heterocycles. The second-order valence-electron chi connectivity index (χ2n) is 7.15. The van der Waals surface area contributed by atoms with E-state index in [9.17, 15) is 33.0 Å². The van der Waals surface area contributed by atoms with Gasteiger partial charge in [0.15, 0.2) is 23.2 Å². The van der Waals surface area contributed by atoms with Crippen molar-refractivity contribution in [3.8, 4) is 5.75 Å². The van der Waals surface area contributed by atoms with Crippen LogP contribution in [0.3, 0.4) is 0 Å². The maximum atomic E-state index is 14.1. The fourth-order valence-corrected chi connectivity index (χ4v) is 3.60. The molecular weight excluding hydrogens is 387 g/mol. The summed E-state index contributed by atoms with van der Waals surface area (Å²) in [6, 6.07) is 4.58. The Bertz CT molecular complexity index is 1150. The number of carbonyl (C=O) groups excluding carboxylic acids is 1. The SMILES string of the molecule is Cc1c(C(C(=O)O)C(C)C)c2cc(O)c(F)cc2n1C(=O)c1ccc(F)c(F)c1. The lowest BCUT2D eigenvalue weighted by molar-refractivity contribution is -0.139. The Labute approximate surface area is 164 Å². The molecule has 0 aliphatic rings. The number of carboxylic acids is 1. The second-order valence-corrected chi connectivity index (χ2v) is 7.15. The van der Waals surface area contributed by atoms with E-state index < -0.39 is 41.0 Å². The molecule has 3 rings (SSSR count). The normalized spacial score (nSPS) is 12.5. The average molecular weight is 405 g/mol. The van der Waals surface area contributed by atoms with Gasteiger partial charge in [0, 0.05) is 22.7 Å². The van der Waals surface area contributed by atoms with Crippen LogP contribution in [-0.4, -0.2) is 26.7 Å². The zero-order valence-electron chi connectivity index (χ0n) is 15.8. The highest BCUT2D eigenvalue weighted by atomic mass is 19.2. The van der Waals surface area contributed by atoms with Crippen LogP contribution in [0, 0.1) is 30.3 Å². The van der Waals surface area contributed by atoms with E-state index in [-0.39, 0.29) is 33.6 Å². The molecule has 1 heterocycles. The zero-order chi connectivity index (χ0) is 21.6. The van der Waals surface area contributed by atoms with Gasteiger partial charge in [-0.1, -0.05) is 13.8 Å². The van der Waals surface area contributed by atoms with E-state index in [1.807, 2.05) is 0 Å². The van der Waals surface area contributed by atoms with E-state index in [2.05, 4.69) is 0 Å². The number of rotatable bonds is 4. The highest BCUT2D eigenvalue weighted by Crippen LogP contribution is 2.38. The molecular formula is C21H18F3NO4. The summed E-state index contributed by atoms with van der Waals surface area (Å²) >= 11 is 0. The van der Waals surface area contributed by atoms with E-state index in [0.29, 0.717) is 0 Å². The Balaban J connectivity index is 2.36. The number of nitrogens with zero attached hydrogens (tertiary/aromatic N) is 1. The van der Waals surface area contributed by atoms with Crippen molar-refractivity contribution in [2.75, 3.05) is 0 Å². The number of hydrogen-bond donors (Lipinski definition) is 2. The molecule has 29 heavy (non-hydrogen) atoms.